The number of anilines is 3. The standard InChI is InChI=1S/C56H38N2O/c1-56(49-21-9-5-16-43(49)44-17-6-10-22-50(44)56)39-29-33-42(34-30-39)57(53-24-13-20-47-46-19-8-12-25-54(46)59-55(47)53)41-31-26-37(27-32-41)38-28-35-52-48(36-38)45-18-7-11-23-51(45)58(52)40-14-3-2-4-15-40/h2-36H,1H3. The highest BCUT2D eigenvalue weighted by atomic mass is 16.3. The van der Waals surface area contributed by atoms with E-state index in [0.717, 1.165) is 50.3 Å². The summed E-state index contributed by atoms with van der Waals surface area (Å²) in [5, 5.41) is 4.71. The highest BCUT2D eigenvalue weighted by Crippen LogP contribution is 2.53. The van der Waals surface area contributed by atoms with Gasteiger partial charge < -0.3 is 13.9 Å². The third-order valence-corrected chi connectivity index (χ3v) is 12.7. The second kappa shape index (κ2) is 13.0. The Morgan fingerprint density at radius 3 is 1.76 bits per heavy atom. The number of furan rings is 1. The van der Waals surface area contributed by atoms with Crippen molar-refractivity contribution in [1.82, 2.24) is 4.57 Å². The summed E-state index contributed by atoms with van der Waals surface area (Å²) in [6.07, 6.45) is 0. The molecule has 11 aromatic rings. The van der Waals surface area contributed by atoms with Gasteiger partial charge in [0.2, 0.25) is 0 Å². The van der Waals surface area contributed by atoms with Gasteiger partial charge in [-0.1, -0.05) is 146 Å². The number of para-hydroxylation sites is 4. The van der Waals surface area contributed by atoms with Crippen molar-refractivity contribution in [3.8, 4) is 27.9 Å². The van der Waals surface area contributed by atoms with Crippen molar-refractivity contribution in [3.63, 3.8) is 0 Å². The minimum Gasteiger partial charge on any atom is -0.454 e. The molecular weight excluding hydrogens is 717 g/mol. The topological polar surface area (TPSA) is 21.3 Å². The lowest BCUT2D eigenvalue weighted by Crippen LogP contribution is -2.22. The van der Waals surface area contributed by atoms with Crippen molar-refractivity contribution in [2.75, 3.05) is 4.90 Å². The maximum absolute atomic E-state index is 6.67. The molecular formula is C56H38N2O. The summed E-state index contributed by atoms with van der Waals surface area (Å²) in [5.74, 6) is 0. The molecule has 278 valence electrons. The molecule has 0 saturated carbocycles. The van der Waals surface area contributed by atoms with E-state index in [1.54, 1.807) is 0 Å². The Morgan fingerprint density at radius 2 is 1.02 bits per heavy atom. The molecule has 0 unspecified atom stereocenters. The summed E-state index contributed by atoms with van der Waals surface area (Å²) in [4.78, 5) is 2.34. The van der Waals surface area contributed by atoms with E-state index in [-0.39, 0.29) is 5.41 Å². The lowest BCUT2D eigenvalue weighted by atomic mass is 9.74. The predicted octanol–water partition coefficient (Wildman–Crippen LogP) is 15.2. The van der Waals surface area contributed by atoms with Gasteiger partial charge in [-0.15, -0.1) is 0 Å². The van der Waals surface area contributed by atoms with Crippen LogP contribution in [-0.2, 0) is 5.41 Å². The lowest BCUT2D eigenvalue weighted by Gasteiger charge is -2.30. The predicted molar refractivity (Wildman–Crippen MR) is 246 cm³/mol. The van der Waals surface area contributed by atoms with Crippen LogP contribution >= 0.6 is 0 Å². The van der Waals surface area contributed by atoms with Gasteiger partial charge in [0.1, 0.15) is 5.58 Å². The van der Waals surface area contributed by atoms with E-state index >= 15 is 0 Å². The third kappa shape index (κ3) is 5.01. The number of benzene rings is 9. The van der Waals surface area contributed by atoms with Crippen molar-refractivity contribution in [2.45, 2.75) is 12.3 Å². The van der Waals surface area contributed by atoms with Crippen LogP contribution in [0.4, 0.5) is 17.1 Å². The molecule has 59 heavy (non-hydrogen) atoms. The van der Waals surface area contributed by atoms with Crippen molar-refractivity contribution in [2.24, 2.45) is 0 Å². The van der Waals surface area contributed by atoms with Gasteiger partial charge in [0.25, 0.3) is 0 Å². The quantitative estimate of drug-likeness (QED) is 0.169. The zero-order chi connectivity index (χ0) is 39.1. The molecule has 0 saturated heterocycles. The van der Waals surface area contributed by atoms with Gasteiger partial charge in [0.05, 0.1) is 16.7 Å². The van der Waals surface area contributed by atoms with Crippen LogP contribution in [0.25, 0.3) is 71.7 Å². The van der Waals surface area contributed by atoms with Crippen LogP contribution in [0.15, 0.2) is 217 Å². The molecule has 0 atom stereocenters. The number of rotatable bonds is 6. The van der Waals surface area contributed by atoms with Gasteiger partial charge in [-0.2, -0.15) is 0 Å². The van der Waals surface area contributed by atoms with E-state index in [1.807, 2.05) is 6.07 Å². The third-order valence-electron chi connectivity index (χ3n) is 12.7. The van der Waals surface area contributed by atoms with Crippen molar-refractivity contribution in [1.29, 1.82) is 0 Å². The maximum atomic E-state index is 6.67. The van der Waals surface area contributed by atoms with Gasteiger partial charge in [0.15, 0.2) is 5.58 Å². The first-order valence-corrected chi connectivity index (χ1v) is 20.3. The van der Waals surface area contributed by atoms with Gasteiger partial charge in [0, 0.05) is 44.0 Å². The molecule has 9 aromatic carbocycles. The Morgan fingerprint density at radius 1 is 0.441 bits per heavy atom. The Bertz CT molecular complexity index is 3340. The van der Waals surface area contributed by atoms with Crippen LogP contribution in [0.1, 0.15) is 23.6 Å². The zero-order valence-corrected chi connectivity index (χ0v) is 32.5. The van der Waals surface area contributed by atoms with E-state index in [2.05, 4.69) is 223 Å². The molecule has 0 radical (unpaired) electrons. The lowest BCUT2D eigenvalue weighted by molar-refractivity contribution is 0.669. The summed E-state index contributed by atoms with van der Waals surface area (Å²) in [5.41, 5.74) is 17.1. The Balaban J connectivity index is 0.984. The molecule has 0 N–H and O–H groups in total. The minimum atomic E-state index is -0.272. The molecule has 1 aliphatic carbocycles. The zero-order valence-electron chi connectivity index (χ0n) is 32.5. The van der Waals surface area contributed by atoms with Crippen LogP contribution in [0.3, 0.4) is 0 Å². The molecule has 0 bridgehead atoms. The summed E-state index contributed by atoms with van der Waals surface area (Å²) in [6, 6.07) is 76.9. The van der Waals surface area contributed by atoms with Gasteiger partial charge in [-0.3, -0.25) is 0 Å². The summed E-state index contributed by atoms with van der Waals surface area (Å²) < 4.78 is 9.03. The molecule has 0 spiro atoms. The maximum Gasteiger partial charge on any atom is 0.159 e. The number of aromatic nitrogens is 1. The van der Waals surface area contributed by atoms with Crippen LogP contribution < -0.4 is 4.90 Å². The van der Waals surface area contributed by atoms with Crippen LogP contribution in [0.2, 0.25) is 0 Å². The average molecular weight is 755 g/mol. The molecule has 3 nitrogen and oxygen atoms in total. The summed E-state index contributed by atoms with van der Waals surface area (Å²) in [7, 11) is 0. The fraction of sp³-hybridized carbons (Fsp3) is 0.0357. The largest absolute Gasteiger partial charge is 0.454 e. The molecule has 0 fully saturated rings. The number of nitrogens with zero attached hydrogens (tertiary/aromatic N) is 2. The average Bonchev–Trinajstić information content (AvgIpc) is 3.94. The molecule has 3 heteroatoms. The molecule has 0 amide bonds. The second-order valence-corrected chi connectivity index (χ2v) is 15.8. The summed E-state index contributed by atoms with van der Waals surface area (Å²) >= 11 is 0. The number of hydrogen-bond donors (Lipinski definition) is 0. The van der Waals surface area contributed by atoms with E-state index in [0.29, 0.717) is 0 Å². The molecule has 1 aliphatic rings. The first-order chi connectivity index (χ1) is 29.1. The smallest absolute Gasteiger partial charge is 0.159 e. The highest BCUT2D eigenvalue weighted by Gasteiger charge is 2.40. The van der Waals surface area contributed by atoms with Crippen molar-refractivity contribution < 1.29 is 4.42 Å². The molecule has 12 rings (SSSR count). The fourth-order valence-electron chi connectivity index (χ4n) is 9.85. The fourth-order valence-corrected chi connectivity index (χ4v) is 9.85. The Kier molecular flexibility index (Phi) is 7.36. The second-order valence-electron chi connectivity index (χ2n) is 15.8. The van der Waals surface area contributed by atoms with E-state index < -0.39 is 0 Å². The van der Waals surface area contributed by atoms with Crippen LogP contribution in [-0.4, -0.2) is 4.57 Å². The van der Waals surface area contributed by atoms with Gasteiger partial charge in [-0.05, 0) is 113 Å². The van der Waals surface area contributed by atoms with Gasteiger partial charge in [-0.25, -0.2) is 0 Å². The highest BCUT2D eigenvalue weighted by molar-refractivity contribution is 6.11. The number of hydrogen-bond acceptors (Lipinski definition) is 2. The van der Waals surface area contributed by atoms with E-state index in [1.165, 1.54) is 55.2 Å². The minimum absolute atomic E-state index is 0.272. The van der Waals surface area contributed by atoms with Gasteiger partial charge >= 0.3 is 0 Å². The molecule has 0 aliphatic heterocycles. The molecule has 2 heterocycles. The Hall–Kier alpha value is -7.62. The molecule has 2 aromatic heterocycles. The normalized spacial score (nSPS) is 13.0. The van der Waals surface area contributed by atoms with Crippen molar-refractivity contribution in [3.05, 3.63) is 229 Å². The monoisotopic (exact) mass is 754 g/mol. The number of fused-ring (bicyclic) bond motifs is 9. The SMILES string of the molecule is CC1(c2ccc(N(c3ccc(-c4ccc5c(c4)c4ccccc4n5-c4ccccc4)cc3)c3cccc4c3oc3ccccc34)cc2)c2ccccc2-c2ccccc21. The Labute approximate surface area is 342 Å². The first kappa shape index (κ1) is 33.5. The summed E-state index contributed by atoms with van der Waals surface area (Å²) in [6.45, 7) is 2.37. The van der Waals surface area contributed by atoms with Crippen molar-refractivity contribution >= 4 is 60.8 Å². The first-order valence-electron chi connectivity index (χ1n) is 20.3. The van der Waals surface area contributed by atoms with Crippen LogP contribution in [0.5, 0.6) is 0 Å². The van der Waals surface area contributed by atoms with Crippen LogP contribution in [0, 0.1) is 0 Å². The van der Waals surface area contributed by atoms with E-state index in [9.17, 15) is 0 Å². The van der Waals surface area contributed by atoms with E-state index in [4.69, 9.17) is 4.42 Å².